The van der Waals surface area contributed by atoms with Crippen molar-refractivity contribution >= 4 is 23.2 Å². The molecule has 106 valence electrons. The molecular weight excluding hydrogens is 276 g/mol. The van der Waals surface area contributed by atoms with Crippen LogP contribution in [-0.4, -0.2) is 32.6 Å². The number of aromatic nitrogens is 3. The highest BCUT2D eigenvalue weighted by atomic mass is 35.5. The Labute approximate surface area is 123 Å². The quantitative estimate of drug-likeness (QED) is 0.814. The number of alkyl halides is 1. The van der Waals surface area contributed by atoms with Gasteiger partial charge in [-0.15, -0.1) is 11.6 Å². The molecule has 2 heterocycles. The molecule has 0 aromatic carbocycles. The summed E-state index contributed by atoms with van der Waals surface area (Å²) in [5, 5.41) is 3.87. The molecule has 20 heavy (non-hydrogen) atoms. The van der Waals surface area contributed by atoms with Crippen molar-refractivity contribution in [3.63, 3.8) is 0 Å². The number of halogens is 1. The molecule has 2 aromatic rings. The van der Waals surface area contributed by atoms with Crippen LogP contribution in [0, 0.1) is 6.92 Å². The number of pyridine rings is 1. The van der Waals surface area contributed by atoms with E-state index in [2.05, 4.69) is 10.1 Å². The molecule has 5 nitrogen and oxygen atoms in total. The average Bonchev–Trinajstić information content (AvgIpc) is 2.83. The molecule has 0 fully saturated rings. The van der Waals surface area contributed by atoms with Crippen LogP contribution in [0.1, 0.15) is 19.5 Å². The van der Waals surface area contributed by atoms with Gasteiger partial charge in [0.15, 0.2) is 0 Å². The number of anilines is 1. The van der Waals surface area contributed by atoms with Gasteiger partial charge in [0.05, 0.1) is 29.5 Å². The van der Waals surface area contributed by atoms with Crippen LogP contribution < -0.4 is 4.90 Å². The first kappa shape index (κ1) is 14.5. The third-order valence-electron chi connectivity index (χ3n) is 3.00. The Hall–Kier alpha value is -1.88. The lowest BCUT2D eigenvalue weighted by atomic mass is 10.3. The first-order valence-electron chi connectivity index (χ1n) is 6.46. The summed E-state index contributed by atoms with van der Waals surface area (Å²) in [4.78, 5) is 17.8. The summed E-state index contributed by atoms with van der Waals surface area (Å²) in [7, 11) is 0. The van der Waals surface area contributed by atoms with Gasteiger partial charge in [-0.2, -0.15) is 5.10 Å². The number of rotatable bonds is 4. The lowest BCUT2D eigenvalue weighted by Crippen LogP contribution is -2.35. The van der Waals surface area contributed by atoms with Crippen molar-refractivity contribution in [1.29, 1.82) is 0 Å². The minimum absolute atomic E-state index is 0.122. The standard InChI is InChI=1S/C14H17ClN4O/c1-4-18(14(20)10(2)15)13-9-19(17-11(13)3)12-6-5-7-16-8-12/h5-10H,4H2,1-3H3. The second-order valence-electron chi connectivity index (χ2n) is 4.45. The van der Waals surface area contributed by atoms with Crippen molar-refractivity contribution in [2.24, 2.45) is 0 Å². The van der Waals surface area contributed by atoms with Gasteiger partial charge in [0.25, 0.3) is 0 Å². The van der Waals surface area contributed by atoms with E-state index >= 15 is 0 Å². The van der Waals surface area contributed by atoms with Gasteiger partial charge in [-0.05, 0) is 32.9 Å². The van der Waals surface area contributed by atoms with Gasteiger partial charge in [-0.25, -0.2) is 4.68 Å². The highest BCUT2D eigenvalue weighted by molar-refractivity contribution is 6.32. The normalized spacial score (nSPS) is 12.2. The molecule has 0 bridgehead atoms. The minimum atomic E-state index is -0.559. The molecular formula is C14H17ClN4O. The predicted molar refractivity (Wildman–Crippen MR) is 79.4 cm³/mol. The zero-order chi connectivity index (χ0) is 14.7. The zero-order valence-electron chi connectivity index (χ0n) is 11.7. The molecule has 2 aromatic heterocycles. The molecule has 0 aliphatic carbocycles. The molecule has 0 radical (unpaired) electrons. The maximum atomic E-state index is 12.1. The zero-order valence-corrected chi connectivity index (χ0v) is 12.5. The number of aryl methyl sites for hydroxylation is 1. The first-order chi connectivity index (χ1) is 9.54. The van der Waals surface area contributed by atoms with Gasteiger partial charge in [0.1, 0.15) is 5.38 Å². The van der Waals surface area contributed by atoms with Crippen LogP contribution in [0.25, 0.3) is 5.69 Å². The van der Waals surface area contributed by atoms with Crippen LogP contribution in [0.5, 0.6) is 0 Å². The van der Waals surface area contributed by atoms with Gasteiger partial charge in [0.2, 0.25) is 5.91 Å². The van der Waals surface area contributed by atoms with Crippen molar-refractivity contribution in [3.8, 4) is 5.69 Å². The smallest absolute Gasteiger partial charge is 0.244 e. The first-order valence-corrected chi connectivity index (χ1v) is 6.90. The summed E-state index contributed by atoms with van der Waals surface area (Å²) in [6.45, 7) is 6.01. The number of amides is 1. The lowest BCUT2D eigenvalue weighted by molar-refractivity contribution is -0.118. The maximum absolute atomic E-state index is 12.1. The molecule has 0 saturated carbocycles. The van der Waals surface area contributed by atoms with Gasteiger partial charge in [-0.1, -0.05) is 0 Å². The molecule has 0 N–H and O–H groups in total. The third kappa shape index (κ3) is 2.82. The average molecular weight is 293 g/mol. The van der Waals surface area contributed by atoms with Crippen LogP contribution >= 0.6 is 11.6 Å². The van der Waals surface area contributed by atoms with E-state index in [0.717, 1.165) is 17.1 Å². The fraction of sp³-hybridized carbons (Fsp3) is 0.357. The molecule has 6 heteroatoms. The predicted octanol–water partition coefficient (Wildman–Crippen LogP) is 2.56. The van der Waals surface area contributed by atoms with Crippen molar-refractivity contribution in [3.05, 3.63) is 36.4 Å². The van der Waals surface area contributed by atoms with Crippen molar-refractivity contribution in [2.75, 3.05) is 11.4 Å². The van der Waals surface area contributed by atoms with E-state index in [9.17, 15) is 4.79 Å². The number of carbonyl (C=O) groups is 1. The molecule has 2 rings (SSSR count). The molecule has 1 amide bonds. The molecule has 1 unspecified atom stereocenters. The molecule has 0 aliphatic heterocycles. The summed E-state index contributed by atoms with van der Waals surface area (Å²) in [6, 6.07) is 3.75. The Kier molecular flexibility index (Phi) is 4.39. The second-order valence-corrected chi connectivity index (χ2v) is 5.11. The van der Waals surface area contributed by atoms with E-state index in [1.807, 2.05) is 32.2 Å². The largest absolute Gasteiger partial charge is 0.308 e. The highest BCUT2D eigenvalue weighted by Gasteiger charge is 2.22. The fourth-order valence-electron chi connectivity index (χ4n) is 2.00. The van der Waals surface area contributed by atoms with Crippen molar-refractivity contribution < 1.29 is 4.79 Å². The van der Waals surface area contributed by atoms with Gasteiger partial charge >= 0.3 is 0 Å². The van der Waals surface area contributed by atoms with Crippen LogP contribution in [0.3, 0.4) is 0 Å². The van der Waals surface area contributed by atoms with Gasteiger partial charge in [-0.3, -0.25) is 9.78 Å². The monoisotopic (exact) mass is 292 g/mol. The fourth-order valence-corrected chi connectivity index (χ4v) is 2.11. The SMILES string of the molecule is CCN(C(=O)C(C)Cl)c1cn(-c2cccnc2)nc1C. The van der Waals surface area contributed by atoms with E-state index < -0.39 is 5.38 Å². The molecule has 1 atom stereocenters. The highest BCUT2D eigenvalue weighted by Crippen LogP contribution is 2.22. The number of carbonyl (C=O) groups excluding carboxylic acids is 1. The summed E-state index contributed by atoms with van der Waals surface area (Å²) < 4.78 is 1.71. The van der Waals surface area contributed by atoms with Gasteiger partial charge in [0, 0.05) is 12.7 Å². The number of nitrogens with zero attached hydrogens (tertiary/aromatic N) is 4. The Morgan fingerprint density at radius 1 is 1.55 bits per heavy atom. The van der Waals surface area contributed by atoms with Crippen molar-refractivity contribution in [2.45, 2.75) is 26.1 Å². The van der Waals surface area contributed by atoms with Gasteiger partial charge < -0.3 is 4.90 Å². The second kappa shape index (κ2) is 6.05. The van der Waals surface area contributed by atoms with E-state index in [0.29, 0.717) is 6.54 Å². The number of hydrogen-bond acceptors (Lipinski definition) is 3. The van der Waals surface area contributed by atoms with Crippen LogP contribution in [-0.2, 0) is 4.79 Å². The molecule has 0 spiro atoms. The molecule has 0 saturated heterocycles. The maximum Gasteiger partial charge on any atom is 0.244 e. The summed E-state index contributed by atoms with van der Waals surface area (Å²) >= 11 is 5.90. The van der Waals surface area contributed by atoms with Crippen LogP contribution in [0.4, 0.5) is 5.69 Å². The lowest BCUT2D eigenvalue weighted by Gasteiger charge is -2.21. The summed E-state index contributed by atoms with van der Waals surface area (Å²) in [6.07, 6.45) is 5.25. The summed E-state index contributed by atoms with van der Waals surface area (Å²) in [5.74, 6) is -0.122. The Morgan fingerprint density at radius 2 is 2.30 bits per heavy atom. The molecule has 0 aliphatic rings. The van der Waals surface area contributed by atoms with Crippen molar-refractivity contribution in [1.82, 2.24) is 14.8 Å². The Balaban J connectivity index is 2.38. The van der Waals surface area contributed by atoms with Crippen LogP contribution in [0.2, 0.25) is 0 Å². The Bertz CT molecular complexity index is 594. The summed E-state index contributed by atoms with van der Waals surface area (Å²) in [5.41, 5.74) is 2.40. The van der Waals surface area contributed by atoms with E-state index in [4.69, 9.17) is 11.6 Å². The number of hydrogen-bond donors (Lipinski definition) is 0. The van der Waals surface area contributed by atoms with E-state index in [-0.39, 0.29) is 5.91 Å². The third-order valence-corrected chi connectivity index (χ3v) is 3.18. The topological polar surface area (TPSA) is 51.0 Å². The van der Waals surface area contributed by atoms with E-state index in [1.165, 1.54) is 0 Å². The van der Waals surface area contributed by atoms with E-state index in [1.54, 1.807) is 28.9 Å². The van der Waals surface area contributed by atoms with Crippen LogP contribution in [0.15, 0.2) is 30.7 Å². The minimum Gasteiger partial charge on any atom is -0.308 e. The Morgan fingerprint density at radius 3 is 2.85 bits per heavy atom.